The van der Waals surface area contributed by atoms with Crippen molar-refractivity contribution in [1.29, 1.82) is 0 Å². The number of rotatable bonds is 6. The highest BCUT2D eigenvalue weighted by Crippen LogP contribution is 2.26. The monoisotopic (exact) mass is 509 g/mol. The standard InChI is InChI=1S/C26H25ClFN5O3/c1-2-24(34)33-13-11-32(12-14-33)23-10-5-18(16-29-23)26(36)30-20-8-9-21(27)22(15-20)31-25(35)17-3-6-19(28)7-4-17/h3-10,15-16H,2,11-14H2,1H3,(H,30,36)(H,31,35). The van der Waals surface area contributed by atoms with Gasteiger partial charge in [0.1, 0.15) is 11.6 Å². The molecule has 0 spiro atoms. The second-order valence-corrected chi connectivity index (χ2v) is 8.64. The van der Waals surface area contributed by atoms with Gasteiger partial charge in [0.2, 0.25) is 5.91 Å². The van der Waals surface area contributed by atoms with E-state index in [1.54, 1.807) is 30.3 Å². The van der Waals surface area contributed by atoms with Crippen molar-refractivity contribution >= 4 is 46.5 Å². The quantitative estimate of drug-likeness (QED) is 0.512. The maximum atomic E-state index is 13.1. The smallest absolute Gasteiger partial charge is 0.257 e. The second kappa shape index (κ2) is 11.2. The summed E-state index contributed by atoms with van der Waals surface area (Å²) in [5, 5.41) is 5.73. The molecule has 2 heterocycles. The first-order valence-electron chi connectivity index (χ1n) is 11.5. The summed E-state index contributed by atoms with van der Waals surface area (Å²) in [6, 6.07) is 13.3. The average molecular weight is 510 g/mol. The number of pyridine rings is 1. The third-order valence-corrected chi connectivity index (χ3v) is 6.18. The Morgan fingerprint density at radius 3 is 2.22 bits per heavy atom. The number of benzene rings is 2. The molecule has 0 bridgehead atoms. The minimum atomic E-state index is -0.458. The van der Waals surface area contributed by atoms with E-state index in [0.717, 1.165) is 5.82 Å². The number of hydrogen-bond donors (Lipinski definition) is 2. The lowest BCUT2D eigenvalue weighted by Gasteiger charge is -2.35. The molecule has 1 aromatic heterocycles. The lowest BCUT2D eigenvalue weighted by Crippen LogP contribution is -2.48. The number of carbonyl (C=O) groups excluding carboxylic acids is 3. The van der Waals surface area contributed by atoms with Gasteiger partial charge in [-0.15, -0.1) is 0 Å². The highest BCUT2D eigenvalue weighted by atomic mass is 35.5. The predicted molar refractivity (Wildman–Crippen MR) is 137 cm³/mol. The van der Waals surface area contributed by atoms with Gasteiger partial charge >= 0.3 is 0 Å². The highest BCUT2D eigenvalue weighted by Gasteiger charge is 2.21. The van der Waals surface area contributed by atoms with E-state index in [2.05, 4.69) is 20.5 Å². The number of hydrogen-bond acceptors (Lipinski definition) is 5. The number of nitrogens with one attached hydrogen (secondary N) is 2. The van der Waals surface area contributed by atoms with Gasteiger partial charge in [-0.2, -0.15) is 0 Å². The van der Waals surface area contributed by atoms with Crippen LogP contribution < -0.4 is 15.5 Å². The Labute approximate surface area is 213 Å². The molecule has 36 heavy (non-hydrogen) atoms. The van der Waals surface area contributed by atoms with Gasteiger partial charge in [-0.25, -0.2) is 9.37 Å². The Kier molecular flexibility index (Phi) is 7.80. The van der Waals surface area contributed by atoms with Crippen LogP contribution >= 0.6 is 11.6 Å². The molecule has 3 amide bonds. The molecule has 0 saturated carbocycles. The van der Waals surface area contributed by atoms with Crippen LogP contribution in [0.25, 0.3) is 0 Å². The summed E-state index contributed by atoms with van der Waals surface area (Å²) in [5.41, 5.74) is 1.37. The second-order valence-electron chi connectivity index (χ2n) is 8.24. The largest absolute Gasteiger partial charge is 0.353 e. The Morgan fingerprint density at radius 2 is 1.58 bits per heavy atom. The summed E-state index contributed by atoms with van der Waals surface area (Å²) in [6.45, 7) is 4.51. The van der Waals surface area contributed by atoms with Gasteiger partial charge in [-0.1, -0.05) is 18.5 Å². The molecule has 186 valence electrons. The van der Waals surface area contributed by atoms with Crippen molar-refractivity contribution in [2.75, 3.05) is 41.7 Å². The fourth-order valence-corrected chi connectivity index (χ4v) is 3.98. The Morgan fingerprint density at radius 1 is 0.917 bits per heavy atom. The molecular weight excluding hydrogens is 485 g/mol. The molecule has 4 rings (SSSR count). The number of piperazine rings is 1. The van der Waals surface area contributed by atoms with Gasteiger partial charge in [0.25, 0.3) is 11.8 Å². The first kappa shape index (κ1) is 25.1. The minimum Gasteiger partial charge on any atom is -0.353 e. The molecule has 8 nitrogen and oxygen atoms in total. The maximum absolute atomic E-state index is 13.1. The molecule has 2 aromatic carbocycles. The summed E-state index contributed by atoms with van der Waals surface area (Å²) in [5.74, 6) is -0.379. The number of carbonyl (C=O) groups is 3. The molecule has 3 aromatic rings. The Bertz CT molecular complexity index is 1260. The zero-order chi connectivity index (χ0) is 25.7. The van der Waals surface area contributed by atoms with E-state index in [-0.39, 0.29) is 22.4 Å². The van der Waals surface area contributed by atoms with Crippen molar-refractivity contribution in [3.8, 4) is 0 Å². The van der Waals surface area contributed by atoms with Crippen molar-refractivity contribution in [3.63, 3.8) is 0 Å². The van der Waals surface area contributed by atoms with Gasteiger partial charge in [-0.05, 0) is 54.6 Å². The van der Waals surface area contributed by atoms with Crippen molar-refractivity contribution < 1.29 is 18.8 Å². The van der Waals surface area contributed by atoms with E-state index in [9.17, 15) is 18.8 Å². The van der Waals surface area contributed by atoms with Crippen LogP contribution in [0.4, 0.5) is 21.6 Å². The molecule has 1 aliphatic rings. The SMILES string of the molecule is CCC(=O)N1CCN(c2ccc(C(=O)Nc3ccc(Cl)c(NC(=O)c4ccc(F)cc4)c3)cn2)CC1. The third-order valence-electron chi connectivity index (χ3n) is 5.85. The number of amides is 3. The predicted octanol–water partition coefficient (Wildman–Crippen LogP) is 4.44. The number of halogens is 2. The van der Waals surface area contributed by atoms with Gasteiger partial charge in [0.15, 0.2) is 0 Å². The molecule has 2 N–H and O–H groups in total. The van der Waals surface area contributed by atoms with Crippen molar-refractivity contribution in [2.45, 2.75) is 13.3 Å². The molecule has 10 heteroatoms. The molecule has 0 radical (unpaired) electrons. The maximum Gasteiger partial charge on any atom is 0.257 e. The van der Waals surface area contributed by atoms with E-state index in [1.807, 2.05) is 11.8 Å². The molecule has 1 saturated heterocycles. The lowest BCUT2D eigenvalue weighted by atomic mass is 10.2. The van der Waals surface area contributed by atoms with Gasteiger partial charge in [0.05, 0.1) is 16.3 Å². The average Bonchev–Trinajstić information content (AvgIpc) is 2.90. The van der Waals surface area contributed by atoms with E-state index in [1.165, 1.54) is 30.5 Å². The molecule has 0 atom stereocenters. The summed E-state index contributed by atoms with van der Waals surface area (Å²) in [7, 11) is 0. The van der Waals surface area contributed by atoms with E-state index in [4.69, 9.17) is 11.6 Å². The van der Waals surface area contributed by atoms with Gasteiger partial charge < -0.3 is 20.4 Å². The number of anilines is 3. The number of aromatic nitrogens is 1. The van der Waals surface area contributed by atoms with Crippen LogP contribution in [0.3, 0.4) is 0 Å². The fraction of sp³-hybridized carbons (Fsp3) is 0.231. The van der Waals surface area contributed by atoms with Crippen LogP contribution in [0.15, 0.2) is 60.8 Å². The Balaban J connectivity index is 1.38. The van der Waals surface area contributed by atoms with Crippen molar-refractivity contribution in [3.05, 3.63) is 82.8 Å². The zero-order valence-corrected chi connectivity index (χ0v) is 20.4. The first-order chi connectivity index (χ1) is 17.3. The van der Waals surface area contributed by atoms with Crippen LogP contribution in [0.2, 0.25) is 5.02 Å². The topological polar surface area (TPSA) is 94.6 Å². The van der Waals surface area contributed by atoms with Crippen molar-refractivity contribution in [1.82, 2.24) is 9.88 Å². The highest BCUT2D eigenvalue weighted by molar-refractivity contribution is 6.34. The minimum absolute atomic E-state index is 0.148. The summed E-state index contributed by atoms with van der Waals surface area (Å²) >= 11 is 6.21. The van der Waals surface area contributed by atoms with E-state index < -0.39 is 11.7 Å². The Hall–Kier alpha value is -3.98. The third kappa shape index (κ3) is 5.98. The number of nitrogens with zero attached hydrogens (tertiary/aromatic N) is 3. The van der Waals surface area contributed by atoms with Crippen LogP contribution in [0.1, 0.15) is 34.1 Å². The summed E-state index contributed by atoms with van der Waals surface area (Å²) in [4.78, 5) is 45.4. The lowest BCUT2D eigenvalue weighted by molar-refractivity contribution is -0.131. The van der Waals surface area contributed by atoms with Gasteiger partial charge in [-0.3, -0.25) is 14.4 Å². The molecule has 0 aliphatic carbocycles. The van der Waals surface area contributed by atoms with Gasteiger partial charge in [0, 0.05) is 50.0 Å². The summed E-state index contributed by atoms with van der Waals surface area (Å²) < 4.78 is 13.1. The normalized spacial score (nSPS) is 13.3. The van der Waals surface area contributed by atoms with Crippen LogP contribution in [-0.2, 0) is 4.79 Å². The summed E-state index contributed by atoms with van der Waals surface area (Å²) in [6.07, 6.45) is 2.00. The molecule has 0 unspecified atom stereocenters. The van der Waals surface area contributed by atoms with E-state index in [0.29, 0.717) is 49.5 Å². The molecule has 1 aliphatic heterocycles. The zero-order valence-electron chi connectivity index (χ0n) is 19.6. The first-order valence-corrected chi connectivity index (χ1v) is 11.9. The van der Waals surface area contributed by atoms with E-state index >= 15 is 0 Å². The van der Waals surface area contributed by atoms with Crippen molar-refractivity contribution in [2.24, 2.45) is 0 Å². The fourth-order valence-electron chi connectivity index (χ4n) is 3.81. The molecule has 1 fully saturated rings. The molecular formula is C26H25ClFN5O3. The van der Waals surface area contributed by atoms with Crippen LogP contribution in [-0.4, -0.2) is 53.8 Å². The van der Waals surface area contributed by atoms with Crippen LogP contribution in [0.5, 0.6) is 0 Å². The van der Waals surface area contributed by atoms with Crippen LogP contribution in [0, 0.1) is 5.82 Å².